The lowest BCUT2D eigenvalue weighted by Gasteiger charge is -2.33. The van der Waals surface area contributed by atoms with E-state index in [1.54, 1.807) is 0 Å². The van der Waals surface area contributed by atoms with Gasteiger partial charge in [-0.25, -0.2) is 0 Å². The summed E-state index contributed by atoms with van der Waals surface area (Å²) < 4.78 is 7.54. The minimum Gasteiger partial charge on any atom is -0.381 e. The second kappa shape index (κ2) is 6.02. The van der Waals surface area contributed by atoms with E-state index in [2.05, 4.69) is 11.2 Å². The first-order valence-corrected chi connectivity index (χ1v) is 7.77. The number of carbonyl (C=O) groups excluding carboxylic acids is 1. The molecule has 2 aliphatic rings. The van der Waals surface area contributed by atoms with Gasteiger partial charge in [0, 0.05) is 43.8 Å². The van der Waals surface area contributed by atoms with Gasteiger partial charge in [-0.3, -0.25) is 9.48 Å². The van der Waals surface area contributed by atoms with Gasteiger partial charge < -0.3 is 9.64 Å². The molecule has 0 fully saturated rings. The van der Waals surface area contributed by atoms with Crippen LogP contribution >= 0.6 is 0 Å². The summed E-state index contributed by atoms with van der Waals surface area (Å²) in [5, 5.41) is 4.36. The molecule has 0 spiro atoms. The van der Waals surface area contributed by atoms with E-state index >= 15 is 0 Å². The van der Waals surface area contributed by atoms with Gasteiger partial charge in [-0.15, -0.1) is 0 Å². The number of allylic oxidation sites excluding steroid dienone is 1. The largest absolute Gasteiger partial charge is 0.381 e. The molecule has 1 aliphatic heterocycles. The molecule has 0 unspecified atom stereocenters. The van der Waals surface area contributed by atoms with Crippen molar-refractivity contribution in [1.82, 2.24) is 14.7 Å². The Morgan fingerprint density at radius 1 is 1.52 bits per heavy atom. The lowest BCUT2D eigenvalue weighted by molar-refractivity contribution is -0.128. The number of aromatic nitrogens is 2. The summed E-state index contributed by atoms with van der Waals surface area (Å²) in [5.41, 5.74) is 3.35. The Balaban J connectivity index is 1.81. The molecule has 0 saturated carbocycles. The quantitative estimate of drug-likeness (QED) is 0.851. The monoisotopic (exact) mass is 289 g/mol. The van der Waals surface area contributed by atoms with E-state index in [4.69, 9.17) is 4.74 Å². The zero-order chi connectivity index (χ0) is 14.8. The maximum atomic E-state index is 12.6. The highest BCUT2D eigenvalue weighted by molar-refractivity contribution is 5.94. The van der Waals surface area contributed by atoms with Crippen LogP contribution in [-0.2, 0) is 23.1 Å². The first-order valence-electron chi connectivity index (χ1n) is 7.77. The minimum atomic E-state index is 0.198. The zero-order valence-corrected chi connectivity index (χ0v) is 12.8. The number of ether oxygens (including phenoxy) is 1. The fourth-order valence-corrected chi connectivity index (χ4v) is 3.38. The maximum absolute atomic E-state index is 12.6. The molecule has 5 nitrogen and oxygen atoms in total. The van der Waals surface area contributed by atoms with Gasteiger partial charge in [-0.05, 0) is 26.2 Å². The predicted octanol–water partition coefficient (Wildman–Crippen LogP) is 1.99. The summed E-state index contributed by atoms with van der Waals surface area (Å²) in [4.78, 5) is 14.6. The fraction of sp³-hybridized carbons (Fsp3) is 0.625. The van der Waals surface area contributed by atoms with Gasteiger partial charge in [0.1, 0.15) is 0 Å². The summed E-state index contributed by atoms with van der Waals surface area (Å²) in [7, 11) is 1.97. The molecule has 0 N–H and O–H groups in total. The number of fused-ring (bicyclic) bond motifs is 1. The average molecular weight is 289 g/mol. The van der Waals surface area contributed by atoms with Crippen LogP contribution in [-0.4, -0.2) is 40.3 Å². The molecule has 0 aromatic carbocycles. The lowest BCUT2D eigenvalue weighted by Crippen LogP contribution is -2.40. The molecule has 2 heterocycles. The van der Waals surface area contributed by atoms with Crippen molar-refractivity contribution in [1.29, 1.82) is 0 Å². The van der Waals surface area contributed by atoms with Crippen molar-refractivity contribution in [2.45, 2.75) is 38.6 Å². The average Bonchev–Trinajstić information content (AvgIpc) is 3.14. The Kier molecular flexibility index (Phi) is 4.10. The summed E-state index contributed by atoms with van der Waals surface area (Å²) in [6.45, 7) is 4.73. The molecular weight excluding hydrogens is 266 g/mol. The highest BCUT2D eigenvalue weighted by Gasteiger charge is 2.32. The SMILES string of the molecule is CCOC[C@@H]1CN(C(=O)C2=CCCC2)Cc2cnn(C)c21. The number of hydrogen-bond donors (Lipinski definition) is 0. The van der Waals surface area contributed by atoms with E-state index in [0.717, 1.165) is 36.9 Å². The second-order valence-corrected chi connectivity index (χ2v) is 5.84. The third-order valence-corrected chi connectivity index (χ3v) is 4.38. The Labute approximate surface area is 125 Å². The van der Waals surface area contributed by atoms with Gasteiger partial charge in [0.15, 0.2) is 0 Å². The van der Waals surface area contributed by atoms with Crippen molar-refractivity contribution in [2.75, 3.05) is 19.8 Å². The third-order valence-electron chi connectivity index (χ3n) is 4.38. The molecule has 0 bridgehead atoms. The van der Waals surface area contributed by atoms with E-state index in [0.29, 0.717) is 19.8 Å². The van der Waals surface area contributed by atoms with Gasteiger partial charge in [0.05, 0.1) is 18.5 Å². The molecule has 114 valence electrons. The van der Waals surface area contributed by atoms with Crippen molar-refractivity contribution in [2.24, 2.45) is 7.05 Å². The number of hydrogen-bond acceptors (Lipinski definition) is 3. The predicted molar refractivity (Wildman–Crippen MR) is 79.8 cm³/mol. The van der Waals surface area contributed by atoms with E-state index in [9.17, 15) is 4.79 Å². The normalized spacial score (nSPS) is 21.3. The Morgan fingerprint density at radius 2 is 2.38 bits per heavy atom. The van der Waals surface area contributed by atoms with Gasteiger partial charge in [-0.2, -0.15) is 5.10 Å². The number of aryl methyl sites for hydroxylation is 1. The van der Waals surface area contributed by atoms with E-state index in [1.807, 2.05) is 29.7 Å². The molecule has 0 radical (unpaired) electrons. The fourth-order valence-electron chi connectivity index (χ4n) is 3.38. The van der Waals surface area contributed by atoms with Crippen LogP contribution in [0.3, 0.4) is 0 Å². The van der Waals surface area contributed by atoms with Crippen LogP contribution in [0.25, 0.3) is 0 Å². The van der Waals surface area contributed by atoms with Crippen LogP contribution in [0.15, 0.2) is 17.8 Å². The highest BCUT2D eigenvalue weighted by atomic mass is 16.5. The Hall–Kier alpha value is -1.62. The van der Waals surface area contributed by atoms with Gasteiger partial charge in [-0.1, -0.05) is 6.08 Å². The van der Waals surface area contributed by atoms with Crippen LogP contribution in [0.2, 0.25) is 0 Å². The van der Waals surface area contributed by atoms with Gasteiger partial charge in [0.25, 0.3) is 0 Å². The summed E-state index contributed by atoms with van der Waals surface area (Å²) >= 11 is 0. The topological polar surface area (TPSA) is 47.4 Å². The van der Waals surface area contributed by atoms with Crippen LogP contribution in [0, 0.1) is 0 Å². The number of amides is 1. The van der Waals surface area contributed by atoms with Crippen molar-refractivity contribution in [3.05, 3.63) is 29.1 Å². The number of rotatable bonds is 4. The van der Waals surface area contributed by atoms with Crippen molar-refractivity contribution in [3.8, 4) is 0 Å². The Bertz CT molecular complexity index is 562. The molecule has 3 rings (SSSR count). The molecule has 1 aromatic rings. The maximum Gasteiger partial charge on any atom is 0.249 e. The molecule has 0 saturated heterocycles. The first-order chi connectivity index (χ1) is 10.2. The first kappa shape index (κ1) is 14.3. The molecule has 1 amide bonds. The van der Waals surface area contributed by atoms with E-state index in [-0.39, 0.29) is 11.8 Å². The molecule has 5 heteroatoms. The second-order valence-electron chi connectivity index (χ2n) is 5.84. The summed E-state index contributed by atoms with van der Waals surface area (Å²) in [5.74, 6) is 0.413. The number of nitrogens with zero attached hydrogens (tertiary/aromatic N) is 3. The zero-order valence-electron chi connectivity index (χ0n) is 12.8. The third kappa shape index (κ3) is 2.75. The highest BCUT2D eigenvalue weighted by Crippen LogP contribution is 2.30. The molecule has 1 aromatic heterocycles. The Morgan fingerprint density at radius 3 is 3.10 bits per heavy atom. The lowest BCUT2D eigenvalue weighted by atomic mass is 9.96. The summed E-state index contributed by atoms with van der Waals surface area (Å²) in [6.07, 6.45) is 7.05. The molecule has 1 atom stereocenters. The van der Waals surface area contributed by atoms with Crippen LogP contribution < -0.4 is 0 Å². The van der Waals surface area contributed by atoms with Crippen LogP contribution in [0.1, 0.15) is 43.4 Å². The molecule has 1 aliphatic carbocycles. The standard InChI is InChI=1S/C16H23N3O2/c1-3-21-11-14-10-19(16(20)12-6-4-5-7-12)9-13-8-17-18(2)15(13)14/h6,8,14H,3-5,7,9-11H2,1-2H3/t14-/m0/s1. The number of carbonyl (C=O) groups is 1. The minimum absolute atomic E-state index is 0.198. The molecular formula is C16H23N3O2. The van der Waals surface area contributed by atoms with Crippen molar-refractivity contribution >= 4 is 5.91 Å². The van der Waals surface area contributed by atoms with Gasteiger partial charge in [0.2, 0.25) is 5.91 Å². The van der Waals surface area contributed by atoms with E-state index in [1.165, 1.54) is 5.69 Å². The van der Waals surface area contributed by atoms with E-state index < -0.39 is 0 Å². The smallest absolute Gasteiger partial charge is 0.249 e. The van der Waals surface area contributed by atoms with Crippen molar-refractivity contribution in [3.63, 3.8) is 0 Å². The summed E-state index contributed by atoms with van der Waals surface area (Å²) in [6, 6.07) is 0. The van der Waals surface area contributed by atoms with Crippen LogP contribution in [0.4, 0.5) is 0 Å². The van der Waals surface area contributed by atoms with Crippen LogP contribution in [0.5, 0.6) is 0 Å². The van der Waals surface area contributed by atoms with Crippen molar-refractivity contribution < 1.29 is 9.53 Å². The van der Waals surface area contributed by atoms with Gasteiger partial charge >= 0.3 is 0 Å². The molecule has 21 heavy (non-hydrogen) atoms.